The van der Waals surface area contributed by atoms with Crippen molar-refractivity contribution in [3.63, 3.8) is 0 Å². The molecule has 0 bridgehead atoms. The van der Waals surface area contributed by atoms with Gasteiger partial charge in [-0.25, -0.2) is 0 Å². The monoisotopic (exact) mass is 398 g/mol. The number of nitrogens with zero attached hydrogens (tertiary/aromatic N) is 1. The molecule has 28 heavy (non-hydrogen) atoms. The highest BCUT2D eigenvalue weighted by Gasteiger charge is 2.25. The van der Waals surface area contributed by atoms with Crippen LogP contribution in [0.15, 0.2) is 52.4 Å². The predicted octanol–water partition coefficient (Wildman–Crippen LogP) is 3.11. The van der Waals surface area contributed by atoms with Gasteiger partial charge in [0.25, 0.3) is 11.8 Å². The van der Waals surface area contributed by atoms with Crippen LogP contribution >= 0.6 is 11.8 Å². The van der Waals surface area contributed by atoms with Gasteiger partial charge in [-0.3, -0.25) is 9.59 Å². The summed E-state index contributed by atoms with van der Waals surface area (Å²) in [5.41, 5.74) is 1.13. The van der Waals surface area contributed by atoms with Crippen molar-refractivity contribution in [1.82, 2.24) is 5.32 Å². The lowest BCUT2D eigenvalue weighted by Crippen LogP contribution is -2.20. The summed E-state index contributed by atoms with van der Waals surface area (Å²) in [6, 6.07) is 12.1. The number of benzene rings is 2. The number of carbonyl (C=O) groups excluding carboxylic acids is 2. The van der Waals surface area contributed by atoms with E-state index in [0.717, 1.165) is 11.8 Å². The number of nitrogens with one attached hydrogen (secondary N) is 1. The van der Waals surface area contributed by atoms with Gasteiger partial charge in [0, 0.05) is 5.56 Å². The summed E-state index contributed by atoms with van der Waals surface area (Å²) in [7, 11) is 4.56. The molecule has 0 radical (unpaired) electrons. The molecule has 1 heterocycles. The van der Waals surface area contributed by atoms with Gasteiger partial charge in [-0.15, -0.1) is 0 Å². The van der Waals surface area contributed by atoms with Crippen LogP contribution in [0.2, 0.25) is 0 Å². The second-order valence-electron chi connectivity index (χ2n) is 5.61. The van der Waals surface area contributed by atoms with Crippen molar-refractivity contribution in [1.29, 1.82) is 0 Å². The summed E-state index contributed by atoms with van der Waals surface area (Å²) in [5, 5.41) is 2.84. The first-order valence-electron chi connectivity index (χ1n) is 8.24. The maximum absolute atomic E-state index is 12.3. The fourth-order valence-electron chi connectivity index (χ4n) is 2.55. The minimum atomic E-state index is -0.419. The topological polar surface area (TPSA) is 86.2 Å². The maximum atomic E-state index is 12.3. The number of hydrogen-bond acceptors (Lipinski definition) is 6. The van der Waals surface area contributed by atoms with Crippen LogP contribution in [-0.4, -0.2) is 38.3 Å². The smallest absolute Gasteiger partial charge is 0.279 e. The lowest BCUT2D eigenvalue weighted by atomic mass is 10.1. The molecule has 0 aliphatic carbocycles. The van der Waals surface area contributed by atoms with Crippen molar-refractivity contribution >= 4 is 34.8 Å². The molecular formula is C20H18N2O5S. The number of carbonyl (C=O) groups is 2. The average Bonchev–Trinajstić information content (AvgIpc) is 3.06. The number of rotatable bonds is 5. The molecule has 1 N–H and O–H groups in total. The molecule has 0 spiro atoms. The zero-order chi connectivity index (χ0) is 20.1. The normalized spacial score (nSPS) is 16.2. The molecule has 3 rings (SSSR count). The Kier molecular flexibility index (Phi) is 6.00. The van der Waals surface area contributed by atoms with Gasteiger partial charge in [0.1, 0.15) is 0 Å². The number of amides is 2. The van der Waals surface area contributed by atoms with Crippen LogP contribution in [0.25, 0.3) is 6.08 Å². The van der Waals surface area contributed by atoms with Gasteiger partial charge < -0.3 is 19.5 Å². The van der Waals surface area contributed by atoms with Crippen molar-refractivity contribution in [3.05, 3.63) is 58.5 Å². The standard InChI is InChI=1S/C20H18N2O5S/c1-25-14-9-12(10-15(26-2)17(14)27-3)11-16-19(24)22-20(28-16)21-18(23)13-7-5-4-6-8-13/h4-11H,1-3H3,(H,21,22,23,24)/b16-11-. The zero-order valence-corrected chi connectivity index (χ0v) is 16.3. The summed E-state index contributed by atoms with van der Waals surface area (Å²) < 4.78 is 15.9. The molecule has 0 saturated carbocycles. The number of methoxy groups -OCH3 is 3. The van der Waals surface area contributed by atoms with E-state index in [2.05, 4.69) is 10.3 Å². The van der Waals surface area contributed by atoms with E-state index in [9.17, 15) is 9.59 Å². The molecular weight excluding hydrogens is 380 g/mol. The lowest BCUT2D eigenvalue weighted by Gasteiger charge is -2.12. The van der Waals surface area contributed by atoms with Gasteiger partial charge in [-0.1, -0.05) is 18.2 Å². The van der Waals surface area contributed by atoms with Crippen molar-refractivity contribution in [3.8, 4) is 17.2 Å². The Morgan fingerprint density at radius 1 is 1.04 bits per heavy atom. The van der Waals surface area contributed by atoms with E-state index in [4.69, 9.17) is 14.2 Å². The second kappa shape index (κ2) is 8.62. The van der Waals surface area contributed by atoms with E-state index in [1.165, 1.54) is 21.3 Å². The molecule has 2 amide bonds. The SMILES string of the molecule is COc1cc(/C=C2\SC(=NC(=O)c3ccccc3)NC2=O)cc(OC)c1OC. The Morgan fingerprint density at radius 3 is 2.25 bits per heavy atom. The van der Waals surface area contributed by atoms with Crippen LogP contribution in [-0.2, 0) is 4.79 Å². The molecule has 1 aliphatic heterocycles. The summed E-state index contributed by atoms with van der Waals surface area (Å²) in [6.07, 6.45) is 1.67. The highest BCUT2D eigenvalue weighted by molar-refractivity contribution is 8.18. The fraction of sp³-hybridized carbons (Fsp3) is 0.150. The van der Waals surface area contributed by atoms with Crippen molar-refractivity contribution in [2.75, 3.05) is 21.3 Å². The Bertz CT molecular complexity index is 945. The van der Waals surface area contributed by atoms with Gasteiger partial charge in [-0.2, -0.15) is 4.99 Å². The number of amidine groups is 1. The third-order valence-electron chi connectivity index (χ3n) is 3.86. The lowest BCUT2D eigenvalue weighted by molar-refractivity contribution is -0.115. The van der Waals surface area contributed by atoms with E-state index in [-0.39, 0.29) is 11.1 Å². The second-order valence-corrected chi connectivity index (χ2v) is 6.64. The Balaban J connectivity index is 1.87. The minimum Gasteiger partial charge on any atom is -0.493 e. The van der Waals surface area contributed by atoms with E-state index in [1.807, 2.05) is 6.07 Å². The molecule has 0 aromatic heterocycles. The third kappa shape index (κ3) is 4.17. The Morgan fingerprint density at radius 2 is 1.68 bits per heavy atom. The molecule has 1 saturated heterocycles. The van der Waals surface area contributed by atoms with Crippen LogP contribution in [0.4, 0.5) is 0 Å². The quantitative estimate of drug-likeness (QED) is 0.779. The highest BCUT2D eigenvalue weighted by atomic mass is 32.2. The maximum Gasteiger partial charge on any atom is 0.279 e. The number of ether oxygens (including phenoxy) is 3. The van der Waals surface area contributed by atoms with E-state index in [0.29, 0.717) is 33.3 Å². The first kappa shape index (κ1) is 19.5. The van der Waals surface area contributed by atoms with Gasteiger partial charge in [0.15, 0.2) is 16.7 Å². The molecule has 1 aliphatic rings. The van der Waals surface area contributed by atoms with Crippen LogP contribution in [0.5, 0.6) is 17.2 Å². The molecule has 1 fully saturated rings. The van der Waals surface area contributed by atoms with Crippen LogP contribution in [0, 0.1) is 0 Å². The predicted molar refractivity (Wildman–Crippen MR) is 108 cm³/mol. The minimum absolute atomic E-state index is 0.234. The summed E-state index contributed by atoms with van der Waals surface area (Å²) >= 11 is 1.09. The van der Waals surface area contributed by atoms with Gasteiger partial charge in [-0.05, 0) is 47.7 Å². The van der Waals surface area contributed by atoms with Crippen molar-refractivity contribution in [2.24, 2.45) is 4.99 Å². The first-order chi connectivity index (χ1) is 13.5. The average molecular weight is 398 g/mol. The van der Waals surface area contributed by atoms with Crippen LogP contribution < -0.4 is 19.5 Å². The largest absolute Gasteiger partial charge is 0.493 e. The molecule has 0 unspecified atom stereocenters. The summed E-state index contributed by atoms with van der Waals surface area (Å²) in [5.74, 6) is 0.665. The van der Waals surface area contributed by atoms with E-state index >= 15 is 0 Å². The van der Waals surface area contributed by atoms with Crippen molar-refractivity contribution in [2.45, 2.75) is 0 Å². The van der Waals surface area contributed by atoms with Gasteiger partial charge in [0.2, 0.25) is 5.75 Å². The zero-order valence-electron chi connectivity index (χ0n) is 15.5. The summed E-state index contributed by atoms with van der Waals surface area (Å²) in [4.78, 5) is 28.8. The third-order valence-corrected chi connectivity index (χ3v) is 4.77. The molecule has 144 valence electrons. The van der Waals surface area contributed by atoms with Crippen LogP contribution in [0.3, 0.4) is 0 Å². The molecule has 2 aromatic carbocycles. The molecule has 0 atom stereocenters. The van der Waals surface area contributed by atoms with Crippen molar-refractivity contribution < 1.29 is 23.8 Å². The number of thioether (sulfide) groups is 1. The molecule has 7 nitrogen and oxygen atoms in total. The van der Waals surface area contributed by atoms with E-state index in [1.54, 1.807) is 42.5 Å². The van der Waals surface area contributed by atoms with Gasteiger partial charge >= 0.3 is 0 Å². The number of hydrogen-bond donors (Lipinski definition) is 1. The number of aliphatic imine (C=N–C) groups is 1. The van der Waals surface area contributed by atoms with E-state index < -0.39 is 5.91 Å². The molecule has 2 aromatic rings. The Hall–Kier alpha value is -3.26. The van der Waals surface area contributed by atoms with Gasteiger partial charge in [0.05, 0.1) is 26.2 Å². The first-order valence-corrected chi connectivity index (χ1v) is 9.06. The highest BCUT2D eigenvalue weighted by Crippen LogP contribution is 2.39. The fourth-order valence-corrected chi connectivity index (χ4v) is 3.37. The Labute approximate surface area is 166 Å². The van der Waals surface area contributed by atoms with Crippen LogP contribution in [0.1, 0.15) is 15.9 Å². The molecule has 8 heteroatoms. The summed E-state index contributed by atoms with van der Waals surface area (Å²) in [6.45, 7) is 0.